The zero-order valence-electron chi connectivity index (χ0n) is 10.9. The van der Waals surface area contributed by atoms with E-state index in [1.165, 1.54) is 0 Å². The molecule has 3 aromatic rings. The molecule has 0 aliphatic rings. The van der Waals surface area contributed by atoms with E-state index in [1.54, 1.807) is 0 Å². The summed E-state index contributed by atoms with van der Waals surface area (Å²) in [4.78, 5) is 0. The molecule has 19 heavy (non-hydrogen) atoms. The lowest BCUT2D eigenvalue weighted by Crippen LogP contribution is -2.09. The van der Waals surface area contributed by atoms with Crippen molar-refractivity contribution in [1.29, 1.82) is 0 Å². The Morgan fingerprint density at radius 2 is 1.79 bits per heavy atom. The molecule has 3 heteroatoms. The second-order valence-corrected chi connectivity index (χ2v) is 5.65. The molecule has 3 rings (SSSR count). The molecular weight excluding hydrogens is 304 g/mol. The maximum atomic E-state index is 5.87. The van der Waals surface area contributed by atoms with Gasteiger partial charge in [0.05, 0.1) is 6.10 Å². The van der Waals surface area contributed by atoms with E-state index in [0.29, 0.717) is 0 Å². The van der Waals surface area contributed by atoms with Crippen LogP contribution in [0.1, 0.15) is 20.3 Å². The van der Waals surface area contributed by atoms with Crippen LogP contribution in [0.25, 0.3) is 21.9 Å². The summed E-state index contributed by atoms with van der Waals surface area (Å²) in [7, 11) is 0. The van der Waals surface area contributed by atoms with Crippen LogP contribution in [0, 0.1) is 0 Å². The molecule has 1 heterocycles. The third-order valence-electron chi connectivity index (χ3n) is 3.31. The van der Waals surface area contributed by atoms with Crippen LogP contribution in [0.5, 0.6) is 5.75 Å². The predicted octanol–water partition coefficient (Wildman–Crippen LogP) is 5.53. The van der Waals surface area contributed by atoms with Crippen LogP contribution in [0.3, 0.4) is 0 Å². The molecule has 0 aliphatic heterocycles. The number of furan rings is 1. The van der Waals surface area contributed by atoms with Gasteiger partial charge in [-0.2, -0.15) is 0 Å². The molecule has 1 aromatic heterocycles. The Kier molecular flexibility index (Phi) is 3.23. The van der Waals surface area contributed by atoms with Crippen LogP contribution < -0.4 is 4.74 Å². The van der Waals surface area contributed by atoms with Crippen molar-refractivity contribution in [3.63, 3.8) is 0 Å². The molecule has 1 atom stereocenters. The summed E-state index contributed by atoms with van der Waals surface area (Å²) in [5, 5.41) is 2.20. The zero-order chi connectivity index (χ0) is 13.4. The van der Waals surface area contributed by atoms with Crippen molar-refractivity contribution in [2.75, 3.05) is 0 Å². The van der Waals surface area contributed by atoms with Crippen molar-refractivity contribution in [1.82, 2.24) is 0 Å². The normalized spacial score (nSPS) is 13.0. The molecule has 2 aromatic carbocycles. The predicted molar refractivity (Wildman–Crippen MR) is 81.8 cm³/mol. The number of halogens is 1. The highest BCUT2D eigenvalue weighted by Crippen LogP contribution is 2.33. The standard InChI is InChI=1S/C16H15BrO2/c1-3-10(2)18-12-5-7-16-14(9-12)13-8-11(17)4-6-15(13)19-16/h4-10H,3H2,1-2H3. The van der Waals surface area contributed by atoms with Gasteiger partial charge < -0.3 is 9.15 Å². The lowest BCUT2D eigenvalue weighted by molar-refractivity contribution is 0.217. The first-order chi connectivity index (χ1) is 9.17. The minimum absolute atomic E-state index is 0.224. The first-order valence-electron chi connectivity index (χ1n) is 6.46. The van der Waals surface area contributed by atoms with Gasteiger partial charge in [-0.1, -0.05) is 22.9 Å². The second-order valence-electron chi connectivity index (χ2n) is 4.74. The van der Waals surface area contributed by atoms with E-state index in [0.717, 1.165) is 38.6 Å². The molecule has 0 N–H and O–H groups in total. The Morgan fingerprint density at radius 3 is 2.53 bits per heavy atom. The minimum Gasteiger partial charge on any atom is -0.491 e. The van der Waals surface area contributed by atoms with Gasteiger partial charge >= 0.3 is 0 Å². The van der Waals surface area contributed by atoms with E-state index < -0.39 is 0 Å². The molecule has 0 saturated heterocycles. The quantitative estimate of drug-likeness (QED) is 0.633. The average molecular weight is 319 g/mol. The van der Waals surface area contributed by atoms with Crippen molar-refractivity contribution >= 4 is 37.9 Å². The summed E-state index contributed by atoms with van der Waals surface area (Å²) >= 11 is 3.50. The maximum absolute atomic E-state index is 5.87. The number of ether oxygens (including phenoxy) is 1. The highest BCUT2D eigenvalue weighted by molar-refractivity contribution is 9.10. The minimum atomic E-state index is 0.224. The van der Waals surface area contributed by atoms with Crippen LogP contribution in [0.15, 0.2) is 45.3 Å². The van der Waals surface area contributed by atoms with Crippen molar-refractivity contribution in [3.8, 4) is 5.75 Å². The monoisotopic (exact) mass is 318 g/mol. The molecule has 2 nitrogen and oxygen atoms in total. The molecule has 1 unspecified atom stereocenters. The SMILES string of the molecule is CCC(C)Oc1ccc2oc3ccc(Br)cc3c2c1. The third kappa shape index (κ3) is 2.35. The molecule has 0 saturated carbocycles. The Bertz CT molecular complexity index is 730. The largest absolute Gasteiger partial charge is 0.491 e. The highest BCUT2D eigenvalue weighted by Gasteiger charge is 2.09. The van der Waals surface area contributed by atoms with E-state index in [-0.39, 0.29) is 6.10 Å². The van der Waals surface area contributed by atoms with E-state index in [9.17, 15) is 0 Å². The zero-order valence-corrected chi connectivity index (χ0v) is 12.5. The summed E-state index contributed by atoms with van der Waals surface area (Å²) < 4.78 is 12.7. The highest BCUT2D eigenvalue weighted by atomic mass is 79.9. The van der Waals surface area contributed by atoms with Gasteiger partial charge in [-0.3, -0.25) is 0 Å². The molecule has 0 aliphatic carbocycles. The molecule has 98 valence electrons. The Hall–Kier alpha value is -1.48. The maximum Gasteiger partial charge on any atom is 0.135 e. The number of benzene rings is 2. The summed E-state index contributed by atoms with van der Waals surface area (Å²) in [6, 6.07) is 12.0. The van der Waals surface area contributed by atoms with Crippen LogP contribution in [-0.4, -0.2) is 6.10 Å². The summed E-state index contributed by atoms with van der Waals surface area (Å²) in [5.41, 5.74) is 1.79. The van der Waals surface area contributed by atoms with Gasteiger partial charge in [-0.15, -0.1) is 0 Å². The van der Waals surface area contributed by atoms with E-state index in [2.05, 4.69) is 41.9 Å². The van der Waals surface area contributed by atoms with E-state index >= 15 is 0 Å². The van der Waals surface area contributed by atoms with Gasteiger partial charge in [0, 0.05) is 15.2 Å². The van der Waals surface area contributed by atoms with Crippen molar-refractivity contribution < 1.29 is 9.15 Å². The van der Waals surface area contributed by atoms with Crippen molar-refractivity contribution in [3.05, 3.63) is 40.9 Å². The first-order valence-corrected chi connectivity index (χ1v) is 7.25. The lowest BCUT2D eigenvalue weighted by atomic mass is 10.1. The number of fused-ring (bicyclic) bond motifs is 3. The van der Waals surface area contributed by atoms with Crippen LogP contribution in [-0.2, 0) is 0 Å². The molecule has 0 spiro atoms. The van der Waals surface area contributed by atoms with Gasteiger partial charge in [-0.05, 0) is 49.7 Å². The second kappa shape index (κ2) is 4.89. The number of hydrogen-bond donors (Lipinski definition) is 0. The van der Waals surface area contributed by atoms with E-state index in [1.807, 2.05) is 24.3 Å². The number of hydrogen-bond acceptors (Lipinski definition) is 2. The summed E-state index contributed by atoms with van der Waals surface area (Å²) in [6.45, 7) is 4.20. The van der Waals surface area contributed by atoms with Gasteiger partial charge in [0.1, 0.15) is 16.9 Å². The topological polar surface area (TPSA) is 22.4 Å². The number of rotatable bonds is 3. The Labute approximate surface area is 120 Å². The average Bonchev–Trinajstić information content (AvgIpc) is 2.76. The van der Waals surface area contributed by atoms with E-state index in [4.69, 9.17) is 9.15 Å². The van der Waals surface area contributed by atoms with Gasteiger partial charge in [0.15, 0.2) is 0 Å². The fourth-order valence-electron chi connectivity index (χ4n) is 2.12. The van der Waals surface area contributed by atoms with Gasteiger partial charge in [0.25, 0.3) is 0 Å². The van der Waals surface area contributed by atoms with Crippen LogP contribution >= 0.6 is 15.9 Å². The molecule has 0 bridgehead atoms. The fourth-order valence-corrected chi connectivity index (χ4v) is 2.48. The fraction of sp³-hybridized carbons (Fsp3) is 0.250. The van der Waals surface area contributed by atoms with Gasteiger partial charge in [-0.25, -0.2) is 0 Å². The smallest absolute Gasteiger partial charge is 0.135 e. The first kappa shape index (κ1) is 12.5. The Balaban J connectivity index is 2.15. The van der Waals surface area contributed by atoms with Crippen molar-refractivity contribution in [2.24, 2.45) is 0 Å². The summed E-state index contributed by atoms with van der Waals surface area (Å²) in [5.74, 6) is 0.893. The third-order valence-corrected chi connectivity index (χ3v) is 3.81. The lowest BCUT2D eigenvalue weighted by Gasteiger charge is -2.12. The molecule has 0 radical (unpaired) electrons. The molecule has 0 amide bonds. The van der Waals surface area contributed by atoms with Crippen LogP contribution in [0.4, 0.5) is 0 Å². The Morgan fingerprint density at radius 1 is 1.11 bits per heavy atom. The van der Waals surface area contributed by atoms with Gasteiger partial charge in [0.2, 0.25) is 0 Å². The van der Waals surface area contributed by atoms with Crippen molar-refractivity contribution in [2.45, 2.75) is 26.4 Å². The van der Waals surface area contributed by atoms with Crippen LogP contribution in [0.2, 0.25) is 0 Å². The molecular formula is C16H15BrO2. The molecule has 0 fully saturated rings. The summed E-state index contributed by atoms with van der Waals surface area (Å²) in [6.07, 6.45) is 1.22.